The predicted octanol–water partition coefficient (Wildman–Crippen LogP) is 6.19. The van der Waals surface area contributed by atoms with Crippen molar-refractivity contribution in [2.24, 2.45) is 0 Å². The summed E-state index contributed by atoms with van der Waals surface area (Å²) in [6.07, 6.45) is 1.82. The van der Waals surface area contributed by atoms with Gasteiger partial charge in [-0.15, -0.1) is 0 Å². The predicted molar refractivity (Wildman–Crippen MR) is 124 cm³/mol. The molecule has 1 heterocycles. The van der Waals surface area contributed by atoms with Gasteiger partial charge >= 0.3 is 0 Å². The average Bonchev–Trinajstić information content (AvgIpc) is 2.82. The van der Waals surface area contributed by atoms with Crippen molar-refractivity contribution in [3.63, 3.8) is 0 Å². The van der Waals surface area contributed by atoms with Crippen LogP contribution in [0.5, 0.6) is 0 Å². The lowest BCUT2D eigenvalue weighted by Gasteiger charge is -2.09. The number of nitrogens with zero attached hydrogens (tertiary/aromatic N) is 1. The third kappa shape index (κ3) is 3.42. The van der Waals surface area contributed by atoms with Crippen molar-refractivity contribution < 1.29 is 0 Å². The summed E-state index contributed by atoms with van der Waals surface area (Å²) in [7, 11) is 0. The number of hydrogen-bond acceptors (Lipinski definition) is 1. The van der Waals surface area contributed by atoms with Crippen molar-refractivity contribution in [1.29, 1.82) is 0 Å². The molecule has 0 saturated carbocycles. The third-order valence-electron chi connectivity index (χ3n) is 4.99. The second-order valence-electron chi connectivity index (χ2n) is 6.93. The van der Waals surface area contributed by atoms with Crippen LogP contribution in [-0.2, 0) is 0 Å². The molecule has 5 aromatic rings. The van der Waals surface area contributed by atoms with E-state index in [1.807, 2.05) is 85.1 Å². The number of hydrogen-bond donors (Lipinski definition) is 0. The Morgan fingerprint density at radius 2 is 0.933 bits per heavy atom. The second-order valence-corrected chi connectivity index (χ2v) is 6.93. The molecule has 0 atom stereocenters. The van der Waals surface area contributed by atoms with E-state index in [9.17, 15) is 0 Å². The molecule has 1 aromatic heterocycles. The van der Waals surface area contributed by atoms with Gasteiger partial charge < -0.3 is 0 Å². The Balaban J connectivity index is 1.79. The molecule has 0 bridgehead atoms. The second kappa shape index (κ2) is 7.96. The van der Waals surface area contributed by atoms with Crippen LogP contribution in [0.25, 0.3) is 21.7 Å². The lowest BCUT2D eigenvalue weighted by Crippen LogP contribution is -1.92. The van der Waals surface area contributed by atoms with Gasteiger partial charge in [0, 0.05) is 33.7 Å². The van der Waals surface area contributed by atoms with Gasteiger partial charge in [-0.05, 0) is 41.8 Å². The maximum absolute atomic E-state index is 4.69. The van der Waals surface area contributed by atoms with E-state index < -0.39 is 0 Å². The van der Waals surface area contributed by atoms with Gasteiger partial charge in [-0.25, -0.2) is 0 Å². The van der Waals surface area contributed by atoms with Crippen LogP contribution in [0.4, 0.5) is 0 Å². The molecular formula is C29H17N. The Labute approximate surface area is 176 Å². The van der Waals surface area contributed by atoms with Crippen LogP contribution in [0.15, 0.2) is 103 Å². The van der Waals surface area contributed by atoms with E-state index >= 15 is 0 Å². The molecule has 0 radical (unpaired) electrons. The number of aromatic nitrogens is 1. The lowest BCUT2D eigenvalue weighted by molar-refractivity contribution is 1.41. The molecule has 5 rings (SSSR count). The van der Waals surface area contributed by atoms with Crippen molar-refractivity contribution in [1.82, 2.24) is 4.98 Å². The van der Waals surface area contributed by atoms with Crippen molar-refractivity contribution in [3.8, 4) is 23.7 Å². The molecule has 0 aliphatic heterocycles. The number of rotatable bonds is 0. The van der Waals surface area contributed by atoms with E-state index in [0.717, 1.165) is 43.9 Å². The van der Waals surface area contributed by atoms with E-state index in [0.29, 0.717) is 0 Å². The summed E-state index contributed by atoms with van der Waals surface area (Å²) in [6, 6.07) is 32.4. The molecule has 0 saturated heterocycles. The highest BCUT2D eigenvalue weighted by Gasteiger charge is 2.12. The molecule has 30 heavy (non-hydrogen) atoms. The maximum Gasteiger partial charge on any atom is 0.0877 e. The summed E-state index contributed by atoms with van der Waals surface area (Å²) < 4.78 is 0. The number of benzene rings is 4. The summed E-state index contributed by atoms with van der Waals surface area (Å²) in [5, 5.41) is 3.19. The normalized spacial score (nSPS) is 10.1. The van der Waals surface area contributed by atoms with E-state index in [1.54, 1.807) is 0 Å². The van der Waals surface area contributed by atoms with Crippen LogP contribution in [0.1, 0.15) is 22.3 Å². The molecular weight excluding hydrogens is 362 g/mol. The number of pyridine rings is 1. The first-order valence-electron chi connectivity index (χ1n) is 9.84. The minimum atomic E-state index is 0.886. The lowest BCUT2D eigenvalue weighted by atomic mass is 9.94. The van der Waals surface area contributed by atoms with E-state index in [4.69, 9.17) is 0 Å². The zero-order valence-corrected chi connectivity index (χ0v) is 16.3. The van der Waals surface area contributed by atoms with E-state index in [1.165, 1.54) is 0 Å². The molecule has 0 N–H and O–H groups in total. The van der Waals surface area contributed by atoms with Gasteiger partial charge in [0.2, 0.25) is 0 Å². The summed E-state index contributed by atoms with van der Waals surface area (Å²) in [5.41, 5.74) is 4.79. The Hall–Kier alpha value is -4.33. The van der Waals surface area contributed by atoms with Crippen LogP contribution in [-0.4, -0.2) is 4.98 Å². The van der Waals surface area contributed by atoms with Gasteiger partial charge in [0.15, 0.2) is 0 Å². The first-order valence-corrected chi connectivity index (χ1v) is 9.84. The van der Waals surface area contributed by atoms with Gasteiger partial charge in [0.1, 0.15) is 0 Å². The van der Waals surface area contributed by atoms with Gasteiger partial charge in [-0.3, -0.25) is 4.98 Å². The molecule has 1 heteroatoms. The van der Waals surface area contributed by atoms with Crippen molar-refractivity contribution >= 4 is 21.7 Å². The molecule has 0 fully saturated rings. The van der Waals surface area contributed by atoms with Gasteiger partial charge in [0.25, 0.3) is 0 Å². The summed E-state index contributed by atoms with van der Waals surface area (Å²) in [5.74, 6) is 13.4. The van der Waals surface area contributed by atoms with Crippen molar-refractivity contribution in [2.75, 3.05) is 0 Å². The van der Waals surface area contributed by atoms with Crippen molar-refractivity contribution in [3.05, 3.63) is 126 Å². The first kappa shape index (κ1) is 17.7. The van der Waals surface area contributed by atoms with Crippen LogP contribution < -0.4 is 0 Å². The molecule has 138 valence electrons. The molecule has 4 aromatic carbocycles. The highest BCUT2D eigenvalue weighted by Crippen LogP contribution is 2.31. The SMILES string of the molecule is C(#Cc1c2ccccc2c(C#Cc2ccccc2)c2ncccc12)c1ccccc1. The third-order valence-corrected chi connectivity index (χ3v) is 4.99. The highest BCUT2D eigenvalue weighted by atomic mass is 14.6. The van der Waals surface area contributed by atoms with Gasteiger partial charge in [-0.2, -0.15) is 0 Å². The van der Waals surface area contributed by atoms with Gasteiger partial charge in [0.05, 0.1) is 11.1 Å². The van der Waals surface area contributed by atoms with Gasteiger partial charge in [-0.1, -0.05) is 84.3 Å². The monoisotopic (exact) mass is 379 g/mol. The fourth-order valence-electron chi connectivity index (χ4n) is 3.57. The zero-order valence-electron chi connectivity index (χ0n) is 16.3. The average molecular weight is 379 g/mol. The van der Waals surface area contributed by atoms with Crippen LogP contribution in [0.2, 0.25) is 0 Å². The highest BCUT2D eigenvalue weighted by molar-refractivity contribution is 6.08. The summed E-state index contributed by atoms with van der Waals surface area (Å²) in [4.78, 5) is 4.69. The Kier molecular flexibility index (Phi) is 4.71. The first-order chi connectivity index (χ1) is 14.9. The Morgan fingerprint density at radius 1 is 0.433 bits per heavy atom. The van der Waals surface area contributed by atoms with E-state index in [2.05, 4.69) is 46.9 Å². The molecule has 0 aliphatic rings. The smallest absolute Gasteiger partial charge is 0.0877 e. The topological polar surface area (TPSA) is 12.9 Å². The maximum atomic E-state index is 4.69. The zero-order chi connectivity index (χ0) is 20.2. The molecule has 0 amide bonds. The van der Waals surface area contributed by atoms with E-state index in [-0.39, 0.29) is 0 Å². The Morgan fingerprint density at radius 3 is 1.57 bits per heavy atom. The summed E-state index contributed by atoms with van der Waals surface area (Å²) >= 11 is 0. The quantitative estimate of drug-likeness (QED) is 0.231. The minimum absolute atomic E-state index is 0.886. The fraction of sp³-hybridized carbons (Fsp3) is 0. The minimum Gasteiger partial charge on any atom is -0.255 e. The molecule has 0 unspecified atom stereocenters. The van der Waals surface area contributed by atoms with Crippen LogP contribution in [0.3, 0.4) is 0 Å². The van der Waals surface area contributed by atoms with Crippen LogP contribution >= 0.6 is 0 Å². The molecule has 0 aliphatic carbocycles. The molecule has 0 spiro atoms. The standard InChI is InChI=1S/C29H17N/c1-3-10-22(11-4-1)17-19-26-24-14-7-8-15-25(24)28(29-27(26)16-9-21-30-29)20-18-23-12-5-2-6-13-23/h1-16,21H. The molecule has 1 nitrogen and oxygen atoms in total. The fourth-order valence-corrected chi connectivity index (χ4v) is 3.57. The Bertz CT molecular complexity index is 1300. The van der Waals surface area contributed by atoms with Crippen LogP contribution in [0, 0.1) is 23.7 Å². The largest absolute Gasteiger partial charge is 0.255 e. The van der Waals surface area contributed by atoms with Crippen molar-refractivity contribution in [2.45, 2.75) is 0 Å². The number of fused-ring (bicyclic) bond motifs is 2. The summed E-state index contributed by atoms with van der Waals surface area (Å²) in [6.45, 7) is 0.